The molecule has 0 aliphatic carbocycles. The molecule has 6 heteroatoms. The molecular formula is C24H25N5O. The Morgan fingerprint density at radius 1 is 0.933 bits per heavy atom. The molecule has 0 saturated carbocycles. The highest BCUT2D eigenvalue weighted by Crippen LogP contribution is 2.27. The Bertz CT molecular complexity index is 1150. The van der Waals surface area contributed by atoms with Gasteiger partial charge in [0.25, 0.3) is 0 Å². The number of aliphatic hydroxyl groups is 1. The monoisotopic (exact) mass is 399 g/mol. The number of hydrogen-bond donors (Lipinski definition) is 2. The summed E-state index contributed by atoms with van der Waals surface area (Å²) in [4.78, 5) is 7.12. The first-order valence-corrected chi connectivity index (χ1v) is 10.4. The van der Waals surface area contributed by atoms with E-state index in [0.717, 1.165) is 59.6 Å². The van der Waals surface area contributed by atoms with Crippen molar-refractivity contribution < 1.29 is 5.11 Å². The summed E-state index contributed by atoms with van der Waals surface area (Å²) in [5.74, 6) is 0. The van der Waals surface area contributed by atoms with Gasteiger partial charge in [0, 0.05) is 62.0 Å². The van der Waals surface area contributed by atoms with Crippen LogP contribution in [0.25, 0.3) is 27.9 Å². The minimum absolute atomic E-state index is 0.146. The number of benzene rings is 2. The second-order valence-corrected chi connectivity index (χ2v) is 7.63. The normalized spacial score (nSPS) is 14.4. The summed E-state index contributed by atoms with van der Waals surface area (Å²) in [5, 5.41) is 17.1. The van der Waals surface area contributed by atoms with Crippen LogP contribution in [0.4, 0.5) is 5.69 Å². The number of hydrogen-bond acceptors (Lipinski definition) is 5. The molecular weight excluding hydrogens is 374 g/mol. The van der Waals surface area contributed by atoms with Gasteiger partial charge in [-0.2, -0.15) is 5.10 Å². The molecule has 0 spiro atoms. The highest BCUT2D eigenvalue weighted by Gasteiger charge is 2.12. The Balaban J connectivity index is 1.43. The lowest BCUT2D eigenvalue weighted by Crippen LogP contribution is -2.43. The van der Waals surface area contributed by atoms with Crippen LogP contribution >= 0.6 is 0 Å². The average molecular weight is 399 g/mol. The van der Waals surface area contributed by atoms with E-state index >= 15 is 0 Å². The first-order chi connectivity index (χ1) is 14.8. The predicted molar refractivity (Wildman–Crippen MR) is 120 cm³/mol. The largest absolute Gasteiger partial charge is 0.396 e. The van der Waals surface area contributed by atoms with Crippen LogP contribution in [0.15, 0.2) is 67.1 Å². The van der Waals surface area contributed by atoms with Gasteiger partial charge >= 0.3 is 0 Å². The van der Waals surface area contributed by atoms with Crippen molar-refractivity contribution in [3.63, 3.8) is 0 Å². The zero-order valence-corrected chi connectivity index (χ0v) is 16.8. The van der Waals surface area contributed by atoms with E-state index in [2.05, 4.69) is 51.7 Å². The third kappa shape index (κ3) is 3.67. The van der Waals surface area contributed by atoms with E-state index in [-0.39, 0.29) is 6.61 Å². The molecule has 0 radical (unpaired) electrons. The molecule has 2 aromatic heterocycles. The fourth-order valence-corrected chi connectivity index (χ4v) is 4.04. The second kappa shape index (κ2) is 8.26. The van der Waals surface area contributed by atoms with E-state index in [9.17, 15) is 5.11 Å². The van der Waals surface area contributed by atoms with E-state index in [0.29, 0.717) is 6.42 Å². The van der Waals surface area contributed by atoms with Gasteiger partial charge in [-0.05, 0) is 35.2 Å². The summed E-state index contributed by atoms with van der Waals surface area (Å²) in [6.07, 6.45) is 6.45. The number of fused-ring (bicyclic) bond motifs is 1. The molecule has 4 aromatic rings. The van der Waals surface area contributed by atoms with Crippen LogP contribution in [-0.4, -0.2) is 52.5 Å². The van der Waals surface area contributed by atoms with Crippen LogP contribution in [0.2, 0.25) is 0 Å². The molecule has 0 unspecified atom stereocenters. The molecule has 0 amide bonds. The van der Waals surface area contributed by atoms with Gasteiger partial charge in [-0.1, -0.05) is 36.4 Å². The summed E-state index contributed by atoms with van der Waals surface area (Å²) in [7, 11) is 0. The SMILES string of the molecule is OCCc1cccc(-c2cnn3cc(-c4ccc(N5CCNCC5)cc4)cnc23)c1. The Hall–Kier alpha value is -3.22. The summed E-state index contributed by atoms with van der Waals surface area (Å²) in [6.45, 7) is 4.30. The Morgan fingerprint density at radius 2 is 1.77 bits per heavy atom. The van der Waals surface area contributed by atoms with Gasteiger partial charge in [0.1, 0.15) is 0 Å². The smallest absolute Gasteiger partial charge is 0.162 e. The number of anilines is 1. The van der Waals surface area contributed by atoms with E-state index in [1.165, 1.54) is 5.69 Å². The maximum atomic E-state index is 9.21. The molecule has 0 bridgehead atoms. The maximum absolute atomic E-state index is 9.21. The fraction of sp³-hybridized carbons (Fsp3) is 0.250. The molecule has 30 heavy (non-hydrogen) atoms. The lowest BCUT2D eigenvalue weighted by molar-refractivity contribution is 0.299. The van der Waals surface area contributed by atoms with E-state index in [1.54, 1.807) is 0 Å². The van der Waals surface area contributed by atoms with Crippen LogP contribution in [0, 0.1) is 0 Å². The number of rotatable bonds is 5. The summed E-state index contributed by atoms with van der Waals surface area (Å²) in [5.41, 5.74) is 7.43. The van der Waals surface area contributed by atoms with Gasteiger partial charge in [-0.25, -0.2) is 9.50 Å². The molecule has 6 nitrogen and oxygen atoms in total. The standard InChI is InChI=1S/C24H25N5O/c30-13-8-18-2-1-3-20(14-18)23-16-27-29-17-21(15-26-24(23)29)19-4-6-22(7-5-19)28-11-9-25-10-12-28/h1-7,14-17,25,30H,8-13H2. The molecule has 2 N–H and O–H groups in total. The quantitative estimate of drug-likeness (QED) is 0.540. The van der Waals surface area contributed by atoms with Crippen molar-refractivity contribution in [2.45, 2.75) is 6.42 Å². The highest BCUT2D eigenvalue weighted by atomic mass is 16.2. The first-order valence-electron chi connectivity index (χ1n) is 10.4. The van der Waals surface area contributed by atoms with Crippen molar-refractivity contribution in [3.8, 4) is 22.3 Å². The first kappa shape index (κ1) is 18.8. The second-order valence-electron chi connectivity index (χ2n) is 7.63. The molecule has 1 saturated heterocycles. The van der Waals surface area contributed by atoms with Crippen molar-refractivity contribution in [3.05, 3.63) is 72.7 Å². The molecule has 1 aliphatic heterocycles. The van der Waals surface area contributed by atoms with E-state index in [1.807, 2.05) is 35.2 Å². The van der Waals surface area contributed by atoms with Gasteiger partial charge in [-0.3, -0.25) is 0 Å². The van der Waals surface area contributed by atoms with Crippen LogP contribution in [0.5, 0.6) is 0 Å². The third-order valence-electron chi connectivity index (χ3n) is 5.68. The van der Waals surface area contributed by atoms with Crippen LogP contribution < -0.4 is 10.2 Å². The zero-order chi connectivity index (χ0) is 20.3. The van der Waals surface area contributed by atoms with Crippen molar-refractivity contribution in [2.75, 3.05) is 37.7 Å². The maximum Gasteiger partial charge on any atom is 0.162 e. The summed E-state index contributed by atoms with van der Waals surface area (Å²) >= 11 is 0. The fourth-order valence-electron chi connectivity index (χ4n) is 4.04. The Labute approximate surface area is 175 Å². The molecule has 3 heterocycles. The molecule has 5 rings (SSSR count). The Morgan fingerprint density at radius 3 is 2.57 bits per heavy atom. The molecule has 2 aromatic carbocycles. The van der Waals surface area contributed by atoms with E-state index in [4.69, 9.17) is 4.98 Å². The molecule has 0 atom stereocenters. The predicted octanol–water partition coefficient (Wildman–Crippen LogP) is 3.01. The minimum atomic E-state index is 0.146. The minimum Gasteiger partial charge on any atom is -0.396 e. The number of nitrogens with one attached hydrogen (secondary N) is 1. The number of piperazine rings is 1. The van der Waals surface area contributed by atoms with E-state index < -0.39 is 0 Å². The lowest BCUT2D eigenvalue weighted by atomic mass is 10.0. The van der Waals surface area contributed by atoms with Gasteiger partial charge < -0.3 is 15.3 Å². The van der Waals surface area contributed by atoms with Gasteiger partial charge in [-0.15, -0.1) is 0 Å². The number of nitrogens with zero attached hydrogens (tertiary/aromatic N) is 4. The molecule has 152 valence electrons. The zero-order valence-electron chi connectivity index (χ0n) is 16.8. The topological polar surface area (TPSA) is 65.7 Å². The van der Waals surface area contributed by atoms with Crippen molar-refractivity contribution in [1.29, 1.82) is 0 Å². The van der Waals surface area contributed by atoms with Gasteiger partial charge in [0.15, 0.2) is 5.65 Å². The van der Waals surface area contributed by atoms with Crippen molar-refractivity contribution in [2.24, 2.45) is 0 Å². The van der Waals surface area contributed by atoms with Crippen LogP contribution in [0.3, 0.4) is 0 Å². The Kier molecular flexibility index (Phi) is 5.17. The molecule has 1 fully saturated rings. The molecule has 1 aliphatic rings. The van der Waals surface area contributed by atoms with Gasteiger partial charge in [0.2, 0.25) is 0 Å². The average Bonchev–Trinajstić information content (AvgIpc) is 3.24. The lowest BCUT2D eigenvalue weighted by Gasteiger charge is -2.29. The summed E-state index contributed by atoms with van der Waals surface area (Å²) in [6, 6.07) is 16.9. The van der Waals surface area contributed by atoms with Gasteiger partial charge in [0.05, 0.1) is 6.20 Å². The number of aliphatic hydroxyl groups excluding tert-OH is 1. The van der Waals surface area contributed by atoms with Crippen molar-refractivity contribution >= 4 is 11.3 Å². The third-order valence-corrected chi connectivity index (χ3v) is 5.68. The summed E-state index contributed by atoms with van der Waals surface area (Å²) < 4.78 is 1.84. The van der Waals surface area contributed by atoms with Crippen LogP contribution in [0.1, 0.15) is 5.56 Å². The number of aromatic nitrogens is 3. The highest BCUT2D eigenvalue weighted by molar-refractivity contribution is 5.78. The van der Waals surface area contributed by atoms with Crippen molar-refractivity contribution in [1.82, 2.24) is 19.9 Å². The van der Waals surface area contributed by atoms with Crippen LogP contribution in [-0.2, 0) is 6.42 Å².